The van der Waals surface area contributed by atoms with Gasteiger partial charge in [-0.3, -0.25) is 5.10 Å². The van der Waals surface area contributed by atoms with Crippen molar-refractivity contribution in [2.45, 2.75) is 0 Å². The van der Waals surface area contributed by atoms with Crippen LogP contribution in [-0.2, 0) is 9.47 Å². The van der Waals surface area contributed by atoms with E-state index in [0.29, 0.717) is 37.3 Å². The number of hydrogen-bond acceptors (Lipinski definition) is 7. The summed E-state index contributed by atoms with van der Waals surface area (Å²) in [4.78, 5) is 33.4. The summed E-state index contributed by atoms with van der Waals surface area (Å²) in [7, 11) is 3.29. The number of carbonyl (C=O) groups is 2. The number of nitrogens with zero attached hydrogens (tertiary/aromatic N) is 4. The van der Waals surface area contributed by atoms with E-state index in [1.165, 1.54) is 0 Å². The van der Waals surface area contributed by atoms with Crippen molar-refractivity contribution in [1.29, 1.82) is 0 Å². The Kier molecular flexibility index (Phi) is 6.68. The Morgan fingerprint density at radius 2 is 1.74 bits per heavy atom. The molecular formula is C20H23N5O6. The molecule has 1 aromatic carbocycles. The van der Waals surface area contributed by atoms with Gasteiger partial charge >= 0.3 is 11.9 Å². The fraction of sp³-hybridized carbons (Fsp3) is 0.300. The summed E-state index contributed by atoms with van der Waals surface area (Å²) < 4.78 is 11.4. The first-order valence-corrected chi connectivity index (χ1v) is 9.35. The lowest BCUT2D eigenvalue weighted by molar-refractivity contribution is 0.0642. The molecule has 0 saturated heterocycles. The van der Waals surface area contributed by atoms with Gasteiger partial charge in [0.2, 0.25) is 0 Å². The first-order valence-electron chi connectivity index (χ1n) is 9.35. The number of carboxylic acid groups (broad SMARTS) is 2. The highest BCUT2D eigenvalue weighted by molar-refractivity contribution is 6.00. The third-order valence-electron chi connectivity index (χ3n) is 4.61. The first-order chi connectivity index (χ1) is 14.9. The molecule has 0 radical (unpaired) electrons. The van der Waals surface area contributed by atoms with Gasteiger partial charge in [0.05, 0.1) is 24.3 Å². The monoisotopic (exact) mass is 429 g/mol. The van der Waals surface area contributed by atoms with Crippen LogP contribution in [0.15, 0.2) is 29.3 Å². The molecule has 3 N–H and O–H groups in total. The Balaban J connectivity index is 2.01. The van der Waals surface area contributed by atoms with E-state index in [1.807, 2.05) is 12.1 Å². The molecular weight excluding hydrogens is 406 g/mol. The third-order valence-corrected chi connectivity index (χ3v) is 4.61. The molecule has 164 valence electrons. The van der Waals surface area contributed by atoms with Gasteiger partial charge in [0.25, 0.3) is 0 Å². The van der Waals surface area contributed by atoms with Crippen LogP contribution < -0.4 is 15.6 Å². The molecule has 11 nitrogen and oxygen atoms in total. The lowest BCUT2D eigenvalue weighted by Crippen LogP contribution is -2.30. The third kappa shape index (κ3) is 4.57. The van der Waals surface area contributed by atoms with Crippen LogP contribution in [0.25, 0.3) is 12.2 Å². The van der Waals surface area contributed by atoms with E-state index < -0.39 is 23.3 Å². The first kappa shape index (κ1) is 22.0. The van der Waals surface area contributed by atoms with Gasteiger partial charge in [0, 0.05) is 33.0 Å². The minimum Gasteiger partial charge on any atom is -0.476 e. The van der Waals surface area contributed by atoms with Crippen LogP contribution in [0.2, 0.25) is 0 Å². The number of ether oxygens (including phenoxy) is 2. The molecule has 0 atom stereocenters. The molecule has 11 heteroatoms. The summed E-state index contributed by atoms with van der Waals surface area (Å²) in [5, 5.41) is 21.9. The number of carboxylic acids is 2. The number of imidazole rings is 1. The molecule has 2 aromatic heterocycles. The Morgan fingerprint density at radius 1 is 1.13 bits per heavy atom. The van der Waals surface area contributed by atoms with E-state index in [4.69, 9.17) is 9.47 Å². The zero-order chi connectivity index (χ0) is 22.5. The van der Waals surface area contributed by atoms with E-state index in [0.717, 1.165) is 10.2 Å². The molecule has 0 spiro atoms. The van der Waals surface area contributed by atoms with Crippen LogP contribution in [0.5, 0.6) is 0 Å². The highest BCUT2D eigenvalue weighted by Gasteiger charge is 2.25. The number of hydrogen-bond donors (Lipinski definition) is 3. The van der Waals surface area contributed by atoms with Crippen molar-refractivity contribution in [2.24, 2.45) is 4.99 Å². The van der Waals surface area contributed by atoms with Gasteiger partial charge in [0.15, 0.2) is 17.0 Å². The van der Waals surface area contributed by atoms with Crippen LogP contribution in [-0.4, -0.2) is 77.3 Å². The Morgan fingerprint density at radius 3 is 2.26 bits per heavy atom. The predicted molar refractivity (Wildman–Crippen MR) is 112 cm³/mol. The molecule has 0 aliphatic carbocycles. The Hall–Kier alpha value is -3.70. The molecule has 0 unspecified atom stereocenters. The number of aromatic nitrogens is 3. The van der Waals surface area contributed by atoms with Gasteiger partial charge in [-0.25, -0.2) is 24.1 Å². The van der Waals surface area contributed by atoms with Crippen LogP contribution in [0.4, 0.5) is 11.4 Å². The van der Waals surface area contributed by atoms with Gasteiger partial charge < -0.3 is 24.6 Å². The number of fused-ring (bicyclic) bond motifs is 1. The van der Waals surface area contributed by atoms with Crippen LogP contribution in [0.1, 0.15) is 21.0 Å². The summed E-state index contributed by atoms with van der Waals surface area (Å²) in [6.07, 6.45) is 0. The smallest absolute Gasteiger partial charge is 0.357 e. The van der Waals surface area contributed by atoms with Crippen molar-refractivity contribution in [3.05, 3.63) is 46.4 Å². The number of methoxy groups -OCH3 is 2. The van der Waals surface area contributed by atoms with Crippen LogP contribution in [0, 0.1) is 0 Å². The largest absolute Gasteiger partial charge is 0.476 e. The zero-order valence-electron chi connectivity index (χ0n) is 17.2. The van der Waals surface area contributed by atoms with Crippen molar-refractivity contribution in [3.63, 3.8) is 0 Å². The number of anilines is 1. The maximum Gasteiger partial charge on any atom is 0.357 e. The fourth-order valence-electron chi connectivity index (χ4n) is 3.11. The average molecular weight is 429 g/mol. The molecule has 3 aromatic rings. The maximum atomic E-state index is 11.5. The van der Waals surface area contributed by atoms with E-state index in [-0.39, 0.29) is 11.0 Å². The van der Waals surface area contributed by atoms with Crippen LogP contribution in [0.3, 0.4) is 0 Å². The highest BCUT2D eigenvalue weighted by Crippen LogP contribution is 2.19. The number of nitrogens with one attached hydrogen (secondary N) is 1. The van der Waals surface area contributed by atoms with E-state index >= 15 is 0 Å². The molecule has 0 aliphatic rings. The van der Waals surface area contributed by atoms with Gasteiger partial charge in [-0.2, -0.15) is 0 Å². The Bertz CT molecular complexity index is 1190. The lowest BCUT2D eigenvalue weighted by atomic mass is 10.2. The fourth-order valence-corrected chi connectivity index (χ4v) is 3.11. The second-order valence-electron chi connectivity index (χ2n) is 6.62. The Labute approximate surface area is 176 Å². The predicted octanol–water partition coefficient (Wildman–Crippen LogP) is 0.520. The van der Waals surface area contributed by atoms with Gasteiger partial charge in [-0.1, -0.05) is 6.58 Å². The number of rotatable bonds is 10. The van der Waals surface area contributed by atoms with Gasteiger partial charge in [-0.05, 0) is 24.3 Å². The number of H-pyrrole nitrogens is 1. The van der Waals surface area contributed by atoms with Crippen LogP contribution >= 0.6 is 0 Å². The second-order valence-corrected chi connectivity index (χ2v) is 6.62. The summed E-state index contributed by atoms with van der Waals surface area (Å²) in [6, 6.07) is 7.38. The molecule has 2 heterocycles. The average Bonchev–Trinajstić information content (AvgIpc) is 3.25. The summed E-state index contributed by atoms with van der Waals surface area (Å²) in [5.41, 5.74) is 0.550. The maximum absolute atomic E-state index is 11.5. The molecule has 31 heavy (non-hydrogen) atoms. The van der Waals surface area contributed by atoms with Crippen molar-refractivity contribution in [1.82, 2.24) is 14.6 Å². The minimum absolute atomic E-state index is 0.0747. The molecule has 0 bridgehead atoms. The van der Waals surface area contributed by atoms with Gasteiger partial charge in [0.1, 0.15) is 5.36 Å². The topological polar surface area (TPSA) is 142 Å². The lowest BCUT2D eigenvalue weighted by Gasteiger charge is -2.24. The van der Waals surface area contributed by atoms with E-state index in [1.54, 1.807) is 26.4 Å². The van der Waals surface area contributed by atoms with E-state index in [9.17, 15) is 19.8 Å². The zero-order valence-corrected chi connectivity index (χ0v) is 17.2. The van der Waals surface area contributed by atoms with E-state index in [2.05, 4.69) is 26.6 Å². The highest BCUT2D eigenvalue weighted by atomic mass is 16.5. The van der Waals surface area contributed by atoms with Gasteiger partial charge in [-0.15, -0.1) is 0 Å². The summed E-state index contributed by atoms with van der Waals surface area (Å²) >= 11 is 0. The normalized spacial score (nSPS) is 11.9. The number of benzene rings is 1. The second kappa shape index (κ2) is 9.41. The molecule has 0 saturated carbocycles. The molecule has 0 aliphatic heterocycles. The number of aromatic amines is 1. The quantitative estimate of drug-likeness (QED) is 0.423. The SMILES string of the molecule is C=c1[nH]n2c(C(=O)O)c(C(=O)O)nc2c1=Nc1ccc(N(CCOC)CCOC)cc1. The van der Waals surface area contributed by atoms with Crippen molar-refractivity contribution in [2.75, 3.05) is 45.4 Å². The molecule has 0 fully saturated rings. The summed E-state index contributed by atoms with van der Waals surface area (Å²) in [6.45, 7) is 6.36. The minimum atomic E-state index is -1.44. The molecule has 3 rings (SSSR count). The molecule has 0 amide bonds. The van der Waals surface area contributed by atoms with Crippen molar-refractivity contribution < 1.29 is 29.3 Å². The van der Waals surface area contributed by atoms with Crippen molar-refractivity contribution >= 4 is 35.5 Å². The summed E-state index contributed by atoms with van der Waals surface area (Å²) in [5.74, 6) is -2.86. The van der Waals surface area contributed by atoms with Crippen molar-refractivity contribution in [3.8, 4) is 0 Å². The number of aromatic carboxylic acids is 2. The standard InChI is InChI=1S/C20H23N5O6/c1-12-15(18-22-16(19(26)27)17(20(28)29)25(18)23-12)21-13-4-6-14(7-5-13)24(8-10-30-2)9-11-31-3/h4-7,23H,1,8-11H2,2-3H3,(H,26,27)(H,28,29).